The Morgan fingerprint density at radius 3 is 1.54 bits per heavy atom. The zero-order chi connectivity index (χ0) is 31.6. The number of aromatic nitrogens is 3. The normalized spacial score (nSPS) is 11.8. The van der Waals surface area contributed by atoms with Gasteiger partial charge in [-0.15, -0.1) is 0 Å². The Morgan fingerprint density at radius 2 is 0.792 bits per heavy atom. The quantitative estimate of drug-likeness (QED) is 0.187. The summed E-state index contributed by atoms with van der Waals surface area (Å²) in [5.41, 5.74) is 8.98. The molecule has 3 nitrogen and oxygen atoms in total. The van der Waals surface area contributed by atoms with E-state index in [9.17, 15) is 0 Å². The zero-order valence-electron chi connectivity index (χ0n) is 25.9. The minimum Gasteiger partial charge on any atom is -0.248 e. The number of pyridine rings is 3. The van der Waals surface area contributed by atoms with E-state index in [0.717, 1.165) is 71.9 Å². The van der Waals surface area contributed by atoms with Gasteiger partial charge in [-0.1, -0.05) is 127 Å². The van der Waals surface area contributed by atoms with E-state index in [1.165, 1.54) is 26.9 Å². The van der Waals surface area contributed by atoms with E-state index in [4.69, 9.17) is 15.0 Å². The summed E-state index contributed by atoms with van der Waals surface area (Å²) in [4.78, 5) is 15.4. The highest BCUT2D eigenvalue weighted by atomic mass is 14.8. The van der Waals surface area contributed by atoms with Crippen molar-refractivity contribution in [2.75, 3.05) is 0 Å². The van der Waals surface area contributed by atoms with Crippen LogP contribution in [0.2, 0.25) is 0 Å². The van der Waals surface area contributed by atoms with Crippen LogP contribution in [0.15, 0.2) is 164 Å². The third kappa shape index (κ3) is 4.33. The lowest BCUT2D eigenvalue weighted by molar-refractivity contribution is 1.32. The van der Waals surface area contributed by atoms with Gasteiger partial charge in [0, 0.05) is 27.1 Å². The Morgan fingerprint density at radius 1 is 0.292 bits per heavy atom. The molecule has 0 atom stereocenters. The molecule has 3 heterocycles. The number of nitrogens with zero attached hydrogens (tertiary/aromatic N) is 3. The molecule has 0 aliphatic rings. The molecule has 0 fully saturated rings. The van der Waals surface area contributed by atoms with Crippen molar-refractivity contribution < 1.29 is 0 Å². The molecule has 0 N–H and O–H groups in total. The van der Waals surface area contributed by atoms with Gasteiger partial charge >= 0.3 is 0 Å². The van der Waals surface area contributed by atoms with Crippen LogP contribution in [0.3, 0.4) is 0 Å². The maximum Gasteiger partial charge on any atom is 0.0894 e. The second kappa shape index (κ2) is 10.5. The minimum atomic E-state index is 0.863. The van der Waals surface area contributed by atoms with E-state index >= 15 is 0 Å². The first-order valence-corrected chi connectivity index (χ1v) is 16.3. The van der Waals surface area contributed by atoms with Crippen molar-refractivity contribution >= 4 is 65.0 Å². The van der Waals surface area contributed by atoms with Crippen LogP contribution in [0, 0.1) is 0 Å². The average Bonchev–Trinajstić information content (AvgIpc) is 3.16. The summed E-state index contributed by atoms with van der Waals surface area (Å²) < 4.78 is 0. The van der Waals surface area contributed by atoms with E-state index < -0.39 is 0 Å². The maximum absolute atomic E-state index is 5.23. The number of hydrogen-bond donors (Lipinski definition) is 0. The van der Waals surface area contributed by atoms with Gasteiger partial charge in [0.2, 0.25) is 0 Å². The lowest BCUT2D eigenvalue weighted by Crippen LogP contribution is -1.91. The summed E-state index contributed by atoms with van der Waals surface area (Å²) >= 11 is 0. The molecule has 0 saturated heterocycles. The van der Waals surface area contributed by atoms with Gasteiger partial charge in [-0.25, -0.2) is 15.0 Å². The van der Waals surface area contributed by atoms with Crippen molar-refractivity contribution in [2.45, 2.75) is 0 Å². The molecule has 10 rings (SSSR count). The molecule has 0 radical (unpaired) electrons. The maximum atomic E-state index is 5.23. The summed E-state index contributed by atoms with van der Waals surface area (Å²) in [6.45, 7) is 0. The fourth-order valence-corrected chi connectivity index (χ4v) is 7.15. The Labute approximate surface area is 276 Å². The van der Waals surface area contributed by atoms with Crippen molar-refractivity contribution in [2.24, 2.45) is 0 Å². The van der Waals surface area contributed by atoms with E-state index in [1.807, 2.05) is 0 Å². The van der Waals surface area contributed by atoms with Crippen molar-refractivity contribution in [3.05, 3.63) is 164 Å². The van der Waals surface area contributed by atoms with Crippen LogP contribution in [-0.2, 0) is 0 Å². The lowest BCUT2D eigenvalue weighted by atomic mass is 9.95. The average molecular weight is 610 g/mol. The molecule has 10 aromatic rings. The molecule has 0 aliphatic carbocycles. The first-order valence-electron chi connectivity index (χ1n) is 16.3. The third-order valence-corrected chi connectivity index (χ3v) is 9.61. The third-order valence-electron chi connectivity index (χ3n) is 9.61. The molecule has 3 aromatic heterocycles. The van der Waals surface area contributed by atoms with E-state index in [-0.39, 0.29) is 0 Å². The van der Waals surface area contributed by atoms with Crippen molar-refractivity contribution in [1.82, 2.24) is 15.0 Å². The Balaban J connectivity index is 1.06. The second-order valence-corrected chi connectivity index (χ2v) is 12.5. The summed E-state index contributed by atoms with van der Waals surface area (Å²) in [6.07, 6.45) is 0. The number of fused-ring (bicyclic) bond motifs is 8. The fourth-order valence-electron chi connectivity index (χ4n) is 7.15. The van der Waals surface area contributed by atoms with Gasteiger partial charge < -0.3 is 0 Å². The highest BCUT2D eigenvalue weighted by molar-refractivity contribution is 6.13. The monoisotopic (exact) mass is 609 g/mol. The first-order chi connectivity index (χ1) is 23.7. The smallest absolute Gasteiger partial charge is 0.0894 e. The molecule has 0 unspecified atom stereocenters. The summed E-state index contributed by atoms with van der Waals surface area (Å²) in [6, 6.07) is 58.0. The molecule has 0 amide bonds. The molecule has 0 bridgehead atoms. The van der Waals surface area contributed by atoms with Gasteiger partial charge in [0.1, 0.15) is 0 Å². The molecular formula is C45H27N3. The van der Waals surface area contributed by atoms with Gasteiger partial charge in [0.05, 0.1) is 33.6 Å². The Bertz CT molecular complexity index is 2910. The van der Waals surface area contributed by atoms with Crippen LogP contribution in [0.5, 0.6) is 0 Å². The van der Waals surface area contributed by atoms with Crippen LogP contribution in [0.1, 0.15) is 0 Å². The van der Waals surface area contributed by atoms with Crippen LogP contribution in [-0.4, -0.2) is 15.0 Å². The SMILES string of the molecule is c1ccc2c(c1)cc(-c1ccc3ccc(-c4ccc5ccc(-c6ccc7ccc8ccccc8c7n6)nc5c4)cc3n1)c1ccccc12. The lowest BCUT2D eigenvalue weighted by Gasteiger charge is -2.12. The molecule has 3 heteroatoms. The Kier molecular flexibility index (Phi) is 5.87. The highest BCUT2D eigenvalue weighted by Crippen LogP contribution is 2.36. The molecule has 222 valence electrons. The molecular weight excluding hydrogens is 583 g/mol. The van der Waals surface area contributed by atoms with Crippen LogP contribution in [0.4, 0.5) is 0 Å². The fraction of sp³-hybridized carbons (Fsp3) is 0. The topological polar surface area (TPSA) is 38.7 Å². The summed E-state index contributed by atoms with van der Waals surface area (Å²) in [7, 11) is 0. The van der Waals surface area contributed by atoms with Crippen LogP contribution < -0.4 is 0 Å². The molecule has 0 spiro atoms. The van der Waals surface area contributed by atoms with E-state index in [2.05, 4.69) is 164 Å². The van der Waals surface area contributed by atoms with Crippen molar-refractivity contribution in [3.63, 3.8) is 0 Å². The van der Waals surface area contributed by atoms with Crippen LogP contribution in [0.25, 0.3) is 98.8 Å². The largest absolute Gasteiger partial charge is 0.248 e. The second-order valence-electron chi connectivity index (χ2n) is 12.5. The summed E-state index contributed by atoms with van der Waals surface area (Å²) in [5, 5.41) is 10.6. The van der Waals surface area contributed by atoms with Gasteiger partial charge in [-0.05, 0) is 74.5 Å². The standard InChI is InChI=1S/C45H27N3/c1-4-10-36-28(7-1)13-16-31-21-24-42(48-45(31)36)41-23-20-30-15-18-33(27-44(30)47-41)32-17-14-29-19-22-40(46-43(29)26-32)39-25-34-8-2-3-9-35(34)37-11-5-6-12-38(37)39/h1-27H. The molecule has 7 aromatic carbocycles. The minimum absolute atomic E-state index is 0.863. The van der Waals surface area contributed by atoms with E-state index in [1.54, 1.807) is 0 Å². The molecule has 0 aliphatic heterocycles. The van der Waals surface area contributed by atoms with Crippen LogP contribution >= 0.6 is 0 Å². The molecule has 48 heavy (non-hydrogen) atoms. The van der Waals surface area contributed by atoms with Gasteiger partial charge in [-0.2, -0.15) is 0 Å². The van der Waals surface area contributed by atoms with Crippen molar-refractivity contribution in [3.8, 4) is 33.8 Å². The Hall–Kier alpha value is -6.45. The number of benzene rings is 7. The van der Waals surface area contributed by atoms with Gasteiger partial charge in [0.15, 0.2) is 0 Å². The first kappa shape index (κ1) is 26.7. The van der Waals surface area contributed by atoms with Gasteiger partial charge in [-0.3, -0.25) is 0 Å². The van der Waals surface area contributed by atoms with E-state index in [0.29, 0.717) is 0 Å². The summed E-state index contributed by atoms with van der Waals surface area (Å²) in [5.74, 6) is 0. The number of hydrogen-bond acceptors (Lipinski definition) is 3. The highest BCUT2D eigenvalue weighted by Gasteiger charge is 2.12. The van der Waals surface area contributed by atoms with Crippen molar-refractivity contribution in [1.29, 1.82) is 0 Å². The predicted octanol–water partition coefficient (Wildman–Crippen LogP) is 11.8. The zero-order valence-corrected chi connectivity index (χ0v) is 25.9. The predicted molar refractivity (Wildman–Crippen MR) is 201 cm³/mol. The van der Waals surface area contributed by atoms with Gasteiger partial charge in [0.25, 0.3) is 0 Å². The number of rotatable bonds is 3. The molecule has 0 saturated carbocycles.